The van der Waals surface area contributed by atoms with E-state index in [1.807, 2.05) is 0 Å². The molecule has 0 spiro atoms. The van der Waals surface area contributed by atoms with Crippen LogP contribution in [0.5, 0.6) is 0 Å². The molecule has 0 atom stereocenters. The minimum absolute atomic E-state index is 0.864. The van der Waals surface area contributed by atoms with Gasteiger partial charge in [0.2, 0.25) is 0 Å². The zero-order chi connectivity index (χ0) is 26.8. The van der Waals surface area contributed by atoms with E-state index < -0.39 is 0 Å². The highest BCUT2D eigenvalue weighted by Gasteiger charge is 2.10. The van der Waals surface area contributed by atoms with Gasteiger partial charge in [0.15, 0.2) is 0 Å². The van der Waals surface area contributed by atoms with Crippen LogP contribution < -0.4 is 0 Å². The van der Waals surface area contributed by atoms with Crippen LogP contribution in [0.1, 0.15) is 56.7 Å². The van der Waals surface area contributed by atoms with E-state index >= 15 is 0 Å². The highest BCUT2D eigenvalue weighted by Crippen LogP contribution is 2.19. The van der Waals surface area contributed by atoms with E-state index in [4.69, 9.17) is 15.0 Å². The van der Waals surface area contributed by atoms with Crippen molar-refractivity contribution < 1.29 is 0 Å². The molecular weight excluding hydrogens is 466 g/mol. The van der Waals surface area contributed by atoms with Crippen LogP contribution in [-0.4, -0.2) is 24.1 Å². The van der Waals surface area contributed by atoms with Crippen LogP contribution in [0, 0.1) is 41.5 Å². The number of pyridine rings is 3. The van der Waals surface area contributed by atoms with E-state index in [-0.39, 0.29) is 0 Å². The third kappa shape index (κ3) is 5.62. The molecule has 5 aromatic rings. The zero-order valence-corrected chi connectivity index (χ0v) is 23.4. The van der Waals surface area contributed by atoms with Gasteiger partial charge in [-0.2, -0.15) is 0 Å². The van der Waals surface area contributed by atoms with Gasteiger partial charge in [0.1, 0.15) is 11.6 Å². The second kappa shape index (κ2) is 10.8. The SMILES string of the molecule is Cc1cc(CCc2cccc(CCc3cc(C)cc(-n4c(C)ccc4C)n3)n2)nc(-n2c(C)ccc2C)c1. The summed E-state index contributed by atoms with van der Waals surface area (Å²) in [5.74, 6) is 1.99. The van der Waals surface area contributed by atoms with Gasteiger partial charge in [0, 0.05) is 45.6 Å². The van der Waals surface area contributed by atoms with E-state index in [0.717, 1.165) is 60.1 Å². The summed E-state index contributed by atoms with van der Waals surface area (Å²) in [7, 11) is 0. The molecule has 0 aromatic carbocycles. The fourth-order valence-electron chi connectivity index (χ4n) is 5.30. The smallest absolute Gasteiger partial charge is 0.137 e. The highest BCUT2D eigenvalue weighted by molar-refractivity contribution is 5.37. The molecule has 0 aliphatic heterocycles. The number of nitrogens with zero attached hydrogens (tertiary/aromatic N) is 5. The first-order valence-corrected chi connectivity index (χ1v) is 13.5. The normalized spacial score (nSPS) is 11.3. The predicted molar refractivity (Wildman–Crippen MR) is 155 cm³/mol. The summed E-state index contributed by atoms with van der Waals surface area (Å²) in [5, 5.41) is 0. The number of hydrogen-bond acceptors (Lipinski definition) is 3. The first-order chi connectivity index (χ1) is 18.3. The molecular formula is C33H37N5. The molecule has 5 nitrogen and oxygen atoms in total. The van der Waals surface area contributed by atoms with Gasteiger partial charge in [-0.3, -0.25) is 4.98 Å². The van der Waals surface area contributed by atoms with Gasteiger partial charge in [-0.05, 0) is 139 Å². The van der Waals surface area contributed by atoms with Gasteiger partial charge < -0.3 is 9.13 Å². The van der Waals surface area contributed by atoms with Crippen LogP contribution in [0.25, 0.3) is 11.6 Å². The summed E-state index contributed by atoms with van der Waals surface area (Å²) in [5.41, 5.74) is 11.7. The molecule has 0 saturated carbocycles. The second-order valence-electron chi connectivity index (χ2n) is 10.5. The van der Waals surface area contributed by atoms with Gasteiger partial charge in [-0.1, -0.05) is 6.07 Å². The van der Waals surface area contributed by atoms with Crippen LogP contribution in [0.3, 0.4) is 0 Å². The Hall–Kier alpha value is -3.99. The maximum atomic E-state index is 4.99. The number of rotatable bonds is 8. The minimum atomic E-state index is 0.864. The molecule has 194 valence electrons. The molecule has 5 aromatic heterocycles. The Morgan fingerprint density at radius 3 is 1.21 bits per heavy atom. The van der Waals surface area contributed by atoms with Crippen molar-refractivity contribution in [3.63, 3.8) is 0 Å². The van der Waals surface area contributed by atoms with Crippen molar-refractivity contribution >= 4 is 0 Å². The summed E-state index contributed by atoms with van der Waals surface area (Å²) in [6, 6.07) is 23.6. The van der Waals surface area contributed by atoms with Crippen molar-refractivity contribution in [2.24, 2.45) is 0 Å². The molecule has 0 fully saturated rings. The summed E-state index contributed by atoms with van der Waals surface area (Å²) in [6.07, 6.45) is 3.46. The van der Waals surface area contributed by atoms with Crippen LogP contribution in [0.4, 0.5) is 0 Å². The Labute approximate surface area is 226 Å². The van der Waals surface area contributed by atoms with Crippen molar-refractivity contribution in [1.82, 2.24) is 24.1 Å². The van der Waals surface area contributed by atoms with Crippen LogP contribution in [0.15, 0.2) is 66.7 Å². The van der Waals surface area contributed by atoms with Crippen LogP contribution >= 0.6 is 0 Å². The second-order valence-corrected chi connectivity index (χ2v) is 10.5. The molecule has 0 saturated heterocycles. The average Bonchev–Trinajstić information content (AvgIpc) is 3.40. The predicted octanol–water partition coefficient (Wildman–Crippen LogP) is 6.87. The van der Waals surface area contributed by atoms with Crippen LogP contribution in [-0.2, 0) is 25.7 Å². The summed E-state index contributed by atoms with van der Waals surface area (Å²) >= 11 is 0. The first-order valence-electron chi connectivity index (χ1n) is 13.5. The quantitative estimate of drug-likeness (QED) is 0.232. The first kappa shape index (κ1) is 25.7. The Kier molecular flexibility index (Phi) is 7.28. The van der Waals surface area contributed by atoms with Crippen molar-refractivity contribution in [3.8, 4) is 11.6 Å². The Bertz CT molecular complexity index is 1430. The monoisotopic (exact) mass is 503 g/mol. The zero-order valence-electron chi connectivity index (χ0n) is 23.4. The summed E-state index contributed by atoms with van der Waals surface area (Å²) in [6.45, 7) is 12.8. The largest absolute Gasteiger partial charge is 0.303 e. The summed E-state index contributed by atoms with van der Waals surface area (Å²) in [4.78, 5) is 15.0. The molecule has 5 rings (SSSR count). The van der Waals surface area contributed by atoms with Crippen molar-refractivity contribution in [3.05, 3.63) is 123 Å². The van der Waals surface area contributed by atoms with Gasteiger partial charge in [0.05, 0.1) is 0 Å². The lowest BCUT2D eigenvalue weighted by atomic mass is 10.1. The fourth-order valence-corrected chi connectivity index (χ4v) is 5.30. The van der Waals surface area contributed by atoms with Gasteiger partial charge in [-0.15, -0.1) is 0 Å². The Morgan fingerprint density at radius 1 is 0.447 bits per heavy atom. The molecule has 0 aliphatic carbocycles. The van der Waals surface area contributed by atoms with E-state index in [0.29, 0.717) is 0 Å². The van der Waals surface area contributed by atoms with Crippen molar-refractivity contribution in [2.45, 2.75) is 67.2 Å². The van der Waals surface area contributed by atoms with Crippen molar-refractivity contribution in [1.29, 1.82) is 0 Å². The third-order valence-electron chi connectivity index (χ3n) is 7.16. The van der Waals surface area contributed by atoms with E-state index in [2.05, 4.69) is 117 Å². The third-order valence-corrected chi connectivity index (χ3v) is 7.16. The van der Waals surface area contributed by atoms with E-state index in [1.165, 1.54) is 33.9 Å². The van der Waals surface area contributed by atoms with Gasteiger partial charge >= 0.3 is 0 Å². The average molecular weight is 504 g/mol. The van der Waals surface area contributed by atoms with Gasteiger partial charge in [-0.25, -0.2) is 9.97 Å². The molecule has 0 amide bonds. The highest BCUT2D eigenvalue weighted by atomic mass is 15.1. The minimum Gasteiger partial charge on any atom is -0.303 e. The number of hydrogen-bond donors (Lipinski definition) is 0. The molecule has 0 radical (unpaired) electrons. The molecule has 0 aliphatic rings. The number of aryl methyl sites for hydroxylation is 10. The molecule has 5 heteroatoms. The van der Waals surface area contributed by atoms with Gasteiger partial charge in [0.25, 0.3) is 0 Å². The van der Waals surface area contributed by atoms with E-state index in [9.17, 15) is 0 Å². The Morgan fingerprint density at radius 2 is 0.816 bits per heavy atom. The molecule has 0 unspecified atom stereocenters. The fraction of sp³-hybridized carbons (Fsp3) is 0.303. The molecule has 0 bridgehead atoms. The number of aromatic nitrogens is 5. The van der Waals surface area contributed by atoms with E-state index in [1.54, 1.807) is 0 Å². The topological polar surface area (TPSA) is 48.5 Å². The molecule has 0 N–H and O–H groups in total. The maximum Gasteiger partial charge on any atom is 0.137 e. The summed E-state index contributed by atoms with van der Waals surface area (Å²) < 4.78 is 4.44. The molecule has 38 heavy (non-hydrogen) atoms. The lowest BCUT2D eigenvalue weighted by molar-refractivity contribution is 0.815. The van der Waals surface area contributed by atoms with Crippen LogP contribution in [0.2, 0.25) is 0 Å². The standard InChI is InChI=1S/C33H37N5/c1-22-18-30(35-32(20-22)37-24(3)10-11-25(37)4)16-14-28-8-7-9-29(34-28)15-17-31-19-23(2)21-33(36-31)38-26(5)12-13-27(38)6/h7-13,18-21H,14-17H2,1-6H3. The molecule has 5 heterocycles. The van der Waals surface area contributed by atoms with Crippen molar-refractivity contribution in [2.75, 3.05) is 0 Å². The Balaban J connectivity index is 1.27. The lowest BCUT2D eigenvalue weighted by Crippen LogP contribution is -2.07. The maximum absolute atomic E-state index is 4.99. The lowest BCUT2D eigenvalue weighted by Gasteiger charge is -2.12.